The number of aryl methyl sites for hydroxylation is 8. The molecule has 17 heteroatoms. The molecule has 6 aromatic rings. The van der Waals surface area contributed by atoms with Gasteiger partial charge in [0.05, 0.1) is 58.8 Å². The first-order valence-electron chi connectivity index (χ1n) is 29.0. The first-order chi connectivity index (χ1) is 40.5. The molecule has 0 saturated carbocycles. The van der Waals surface area contributed by atoms with Gasteiger partial charge in [-0.2, -0.15) is 0 Å². The van der Waals surface area contributed by atoms with Crippen LogP contribution in [0.4, 0.5) is 0 Å². The average molecular weight is 1530 g/mol. The predicted molar refractivity (Wildman–Crippen MR) is 342 cm³/mol. The third-order valence-corrected chi connectivity index (χ3v) is 16.9. The van der Waals surface area contributed by atoms with Crippen LogP contribution >= 0.6 is 9.58 Å². The molecule has 0 amide bonds. The summed E-state index contributed by atoms with van der Waals surface area (Å²) in [5, 5.41) is 9.47. The number of carbonyl (C=O) groups excluding carboxylic acids is 2. The second-order valence-electron chi connectivity index (χ2n) is 21.5. The van der Waals surface area contributed by atoms with Crippen molar-refractivity contribution < 1.29 is 67.0 Å². The number of ether oxygens (including phenoxy) is 2. The third kappa shape index (κ3) is 14.0. The van der Waals surface area contributed by atoms with Gasteiger partial charge < -0.3 is 41.9 Å². The largest absolute Gasteiger partial charge is 3.00 e. The molecule has 86 heavy (non-hydrogen) atoms. The van der Waals surface area contributed by atoms with Crippen molar-refractivity contribution in [2.75, 3.05) is 13.2 Å². The fourth-order valence-electron chi connectivity index (χ4n) is 12.1. The van der Waals surface area contributed by atoms with E-state index in [9.17, 15) is 19.5 Å². The molecule has 16 bridgehead atoms. The summed E-state index contributed by atoms with van der Waals surface area (Å²) in [4.78, 5) is 73.9. The summed E-state index contributed by atoms with van der Waals surface area (Å²) < 4.78 is 10.1. The van der Waals surface area contributed by atoms with Crippen molar-refractivity contribution in [1.29, 1.82) is 0 Å². The predicted octanol–water partition coefficient (Wildman–Crippen LogP) is 15.3. The van der Waals surface area contributed by atoms with Crippen molar-refractivity contribution in [1.82, 2.24) is 39.9 Å². The maximum absolute atomic E-state index is 11.5. The van der Waals surface area contributed by atoms with Crippen LogP contribution in [0.15, 0.2) is 48.5 Å². The van der Waals surface area contributed by atoms with E-state index in [1.807, 2.05) is 32.0 Å². The maximum Gasteiger partial charge on any atom is 3.00 e. The van der Waals surface area contributed by atoms with Crippen LogP contribution in [0.5, 0.6) is 0 Å². The molecule has 0 unspecified atom stereocenters. The van der Waals surface area contributed by atoms with E-state index in [2.05, 4.69) is 116 Å². The Bertz CT molecular complexity index is 4080. The summed E-state index contributed by atoms with van der Waals surface area (Å²) in [6, 6.07) is 16.6. The first-order valence-corrected chi connectivity index (χ1v) is 32.0. The van der Waals surface area contributed by atoms with Crippen LogP contribution < -0.4 is 19.9 Å². The molecule has 0 fully saturated rings. The van der Waals surface area contributed by atoms with E-state index in [1.165, 1.54) is 56.9 Å². The molecule has 0 saturated heterocycles. The van der Waals surface area contributed by atoms with Crippen molar-refractivity contribution in [2.24, 2.45) is 0 Å². The summed E-state index contributed by atoms with van der Waals surface area (Å²) in [6.45, 7) is 29.1. The van der Waals surface area contributed by atoms with Gasteiger partial charge in [0.15, 0.2) is 0 Å². The van der Waals surface area contributed by atoms with E-state index in [4.69, 9.17) is 49.3 Å². The van der Waals surface area contributed by atoms with Gasteiger partial charge in [-0.05, 0) is 138 Å². The van der Waals surface area contributed by atoms with Crippen LogP contribution in [-0.2, 0) is 87.5 Å². The molecule has 4 aliphatic rings. The molecule has 1 N–H and O–H groups in total. The number of allylic oxidation sites excluding steroid dienone is 6. The van der Waals surface area contributed by atoms with Crippen molar-refractivity contribution >= 4 is 117 Å². The number of nitrogens with zero attached hydrogens (tertiary/aromatic N) is 8. The van der Waals surface area contributed by atoms with E-state index in [0.717, 1.165) is 173 Å². The first kappa shape index (κ1) is 68.3. The van der Waals surface area contributed by atoms with Crippen LogP contribution in [0.3, 0.4) is 0 Å². The molecule has 0 radical (unpaired) electrons. The summed E-state index contributed by atoms with van der Waals surface area (Å²) in [6.07, 6.45) is 6.84. The Morgan fingerprint density at radius 2 is 0.721 bits per heavy atom. The zero-order valence-corrected chi connectivity index (χ0v) is 57.4. The minimum Gasteiger partial charge on any atom is 3.00 e. The summed E-state index contributed by atoms with van der Waals surface area (Å²) in [5.41, 5.74) is 31.9. The van der Waals surface area contributed by atoms with Crippen LogP contribution in [0.25, 0.3) is 88.7 Å². The molecular formula is C69H77ClIr2N8O6. The molecular weight excluding hydrogens is 1460 g/mol. The molecule has 10 rings (SSSR count). The number of fused-ring (bicyclic) bond motifs is 16. The summed E-state index contributed by atoms with van der Waals surface area (Å²) >= 11 is 1.47. The van der Waals surface area contributed by atoms with Gasteiger partial charge in [0.2, 0.25) is 0 Å². The van der Waals surface area contributed by atoms with Gasteiger partial charge in [-0.25, -0.2) is 19.9 Å². The smallest absolute Gasteiger partial charge is 3.00 e. The Kier molecular flexibility index (Phi) is 24.0. The van der Waals surface area contributed by atoms with Gasteiger partial charge in [0, 0.05) is 19.3 Å². The van der Waals surface area contributed by atoms with Crippen LogP contribution in [-0.4, -0.2) is 57.2 Å². The van der Waals surface area contributed by atoms with Crippen LogP contribution in [0.2, 0.25) is 0 Å². The van der Waals surface area contributed by atoms with Crippen molar-refractivity contribution in [2.45, 2.75) is 154 Å². The van der Waals surface area contributed by atoms with Crippen molar-refractivity contribution in [3.8, 4) is 0 Å². The molecule has 0 aromatic carbocycles. The van der Waals surface area contributed by atoms with E-state index < -0.39 is 5.97 Å². The number of carboxylic acids is 1. The quantitative estimate of drug-likeness (QED) is 0.0514. The topological polar surface area (TPSA) is 198 Å². The second kappa shape index (κ2) is 30.2. The van der Waals surface area contributed by atoms with Gasteiger partial charge in [0.25, 0.3) is 12.9 Å². The zero-order valence-electron chi connectivity index (χ0n) is 51.9. The maximum atomic E-state index is 11.5. The average Bonchev–Trinajstić information content (AvgIpc) is 1.91. The number of hydrogen-bond donors (Lipinski definition) is 1. The monoisotopic (exact) mass is 1530 g/mol. The van der Waals surface area contributed by atoms with Crippen molar-refractivity contribution in [3.05, 3.63) is 146 Å². The zero-order chi connectivity index (χ0) is 60.7. The minimum atomic E-state index is -0.860. The molecule has 454 valence electrons. The third-order valence-electron chi connectivity index (χ3n) is 16.9. The van der Waals surface area contributed by atoms with Crippen LogP contribution in [0, 0.1) is 35.1 Å². The minimum absolute atomic E-state index is 0. The van der Waals surface area contributed by atoms with Gasteiger partial charge in [0.1, 0.15) is 0 Å². The van der Waals surface area contributed by atoms with Crippen molar-refractivity contribution in [3.63, 3.8) is 0 Å². The Morgan fingerprint density at radius 3 is 1.03 bits per heavy atom. The fourth-order valence-corrected chi connectivity index (χ4v) is 12.1. The van der Waals surface area contributed by atoms with E-state index in [-0.39, 0.29) is 40.6 Å². The number of rotatable bonds is 17. The normalized spacial score (nSPS) is 12.7. The Hall–Kier alpha value is -6.80. The molecule has 0 atom stereocenters. The van der Waals surface area contributed by atoms with Crippen LogP contribution in [0.1, 0.15) is 191 Å². The van der Waals surface area contributed by atoms with Gasteiger partial charge in [-0.3, -0.25) is 14.4 Å². The number of hydrogen-bond acceptors (Lipinski definition) is 9. The molecule has 0 spiro atoms. The molecule has 14 nitrogen and oxygen atoms in total. The molecule has 0 aliphatic carbocycles. The van der Waals surface area contributed by atoms with E-state index in [0.29, 0.717) is 44.3 Å². The molecule has 4 aliphatic heterocycles. The number of aliphatic carboxylic acids is 1. The Balaban J connectivity index is 0.000000262. The Morgan fingerprint density at radius 1 is 0.442 bits per heavy atom. The Labute approximate surface area is 533 Å². The summed E-state index contributed by atoms with van der Waals surface area (Å²) in [7, 11) is 4.64. The SMILES string of the molecule is CCC1=C(C)c2cc3[n-]c(cc4nc(cc5[n-]c(cc1n2)c(C)c5CCC(=O)O)C(CCOC=O)=C4C)c(C)c3CC.CCCc1c(C)c2cc3nc(cc4[n-]c(cc5nc(cc1[n-]2)C(CCOC=O)=C5C)c(C)c4CC)C(C)=C3CC.[CH3-].[Cl][Ir+2].[Ir+3]. The van der Waals surface area contributed by atoms with Gasteiger partial charge in [-0.1, -0.05) is 134 Å². The molecule has 6 aromatic heterocycles. The van der Waals surface area contributed by atoms with E-state index >= 15 is 0 Å². The number of aromatic nitrogens is 8. The number of carboxylic acid groups (broad SMARTS) is 1. The van der Waals surface area contributed by atoms with Gasteiger partial charge >= 0.3 is 53.5 Å². The fraction of sp³-hybridized carbons (Fsp3) is 0.362. The van der Waals surface area contributed by atoms with Gasteiger partial charge in [-0.15, -0.1) is 44.1 Å². The second-order valence-corrected chi connectivity index (χ2v) is 21.5. The number of halogens is 1. The standard InChI is InChI=1S/C34H37N4O4.C34H38N4O2.CH3.ClH.2Ir/c1-7-22-18(3)26-13-27-21(6)25(11-12-42-17-39)33(37-27)16-32-24(9-10-34(40)41)20(5)29(38-32)15-31-23(8-2)19(4)28(36-31)14-30(22)35-26;1-8-11-25-21(6)30-16-32-24(10-3)20(5)29(36-32)15-31-23(9-2)19(4)27(35-31)14-28-22(7)26(12-13-40-18-39)34(37-28)17-33(25)38-30;;;;/h13-17H,7-12H2,1-6H3,(H2-,35,36,37,38,40,41);14-18H,8-13H2,1-7H3;1H3;1H;;/q-1;-2;-1;;2*+3/p-2. The van der Waals surface area contributed by atoms with E-state index in [1.54, 1.807) is 0 Å². The molecule has 10 heterocycles. The summed E-state index contributed by atoms with van der Waals surface area (Å²) in [5.74, 6) is -0.860. The number of carbonyl (C=O) groups is 3.